The van der Waals surface area contributed by atoms with Crippen LogP contribution in [-0.2, 0) is 4.79 Å². The van der Waals surface area contributed by atoms with Crippen LogP contribution in [0.15, 0.2) is 72.9 Å². The lowest BCUT2D eigenvalue weighted by atomic mass is 9.96. The molecule has 8 heteroatoms. The summed E-state index contributed by atoms with van der Waals surface area (Å²) < 4.78 is 15.8. The van der Waals surface area contributed by atoms with Crippen molar-refractivity contribution in [3.8, 4) is 5.69 Å². The van der Waals surface area contributed by atoms with Gasteiger partial charge in [0.1, 0.15) is 5.82 Å². The number of nitrogens with zero attached hydrogens (tertiary/aromatic N) is 3. The molecule has 0 spiro atoms. The third-order valence-corrected chi connectivity index (χ3v) is 7.67. The molecule has 2 aromatic carbocycles. The number of amides is 1. The quantitative estimate of drug-likeness (QED) is 0.271. The van der Waals surface area contributed by atoms with Gasteiger partial charge in [-0.3, -0.25) is 9.78 Å². The van der Waals surface area contributed by atoms with Crippen LogP contribution in [0.3, 0.4) is 0 Å². The number of halogens is 1. The molecule has 200 valence electrons. The molecule has 2 N–H and O–H groups in total. The van der Waals surface area contributed by atoms with Gasteiger partial charge in [0.25, 0.3) is 0 Å². The zero-order valence-corrected chi connectivity index (χ0v) is 23.3. The minimum absolute atomic E-state index is 0.0664. The largest absolute Gasteiger partial charge is 0.352 e. The van der Waals surface area contributed by atoms with Gasteiger partial charge in [-0.25, -0.2) is 4.39 Å². The van der Waals surface area contributed by atoms with Gasteiger partial charge < -0.3 is 20.1 Å². The molecule has 0 bridgehead atoms. The highest BCUT2D eigenvalue weighted by Crippen LogP contribution is 2.41. The Bertz CT molecular complexity index is 1520. The topological polar surface area (TPSA) is 62.2 Å². The summed E-state index contributed by atoms with van der Waals surface area (Å²) in [4.78, 5) is 19.7. The molecule has 3 heterocycles. The zero-order valence-electron chi connectivity index (χ0n) is 22.5. The smallest absolute Gasteiger partial charge is 0.226 e. The van der Waals surface area contributed by atoms with E-state index in [1.54, 1.807) is 18.3 Å². The molecule has 1 amide bonds. The number of anilines is 1. The molecular formula is C31H32FN5OS. The van der Waals surface area contributed by atoms with E-state index < -0.39 is 0 Å². The molecule has 0 saturated carbocycles. The predicted octanol–water partition coefficient (Wildman–Crippen LogP) is 6.25. The molecule has 1 saturated heterocycles. The Morgan fingerprint density at radius 3 is 2.54 bits per heavy atom. The van der Waals surface area contributed by atoms with Gasteiger partial charge in [-0.2, -0.15) is 0 Å². The van der Waals surface area contributed by atoms with E-state index in [4.69, 9.17) is 12.2 Å². The first kappa shape index (κ1) is 26.6. The molecule has 2 atom stereocenters. The highest BCUT2D eigenvalue weighted by atomic mass is 32.1. The second-order valence-electron chi connectivity index (χ2n) is 10.1. The molecule has 39 heavy (non-hydrogen) atoms. The molecular weight excluding hydrogens is 509 g/mol. The molecule has 0 radical (unpaired) electrons. The number of hydrogen-bond donors (Lipinski definition) is 2. The van der Waals surface area contributed by atoms with Gasteiger partial charge in [0.2, 0.25) is 5.91 Å². The summed E-state index contributed by atoms with van der Waals surface area (Å²) in [6.07, 6.45) is 2.05. The maximum Gasteiger partial charge on any atom is 0.226 e. The summed E-state index contributed by atoms with van der Waals surface area (Å²) >= 11 is 5.81. The maximum atomic E-state index is 13.6. The van der Waals surface area contributed by atoms with Crippen LogP contribution >= 0.6 is 12.2 Å². The van der Waals surface area contributed by atoms with Crippen LogP contribution in [0.5, 0.6) is 0 Å². The number of pyridine rings is 1. The molecule has 5 rings (SSSR count). The lowest BCUT2D eigenvalue weighted by Gasteiger charge is -2.28. The number of carbonyl (C=O) groups excluding carboxylic acids is 1. The van der Waals surface area contributed by atoms with Gasteiger partial charge in [-0.05, 0) is 105 Å². The number of carbonyl (C=O) groups is 1. The summed E-state index contributed by atoms with van der Waals surface area (Å²) in [7, 11) is 0. The Balaban J connectivity index is 1.46. The SMILES string of the molecule is Cc1ccc(C)c(NC(=O)CCN2C(=S)NC(c3ccccn3)C2c2cc(C)n(-c3ccc(F)cc3)c2C)c1. The Morgan fingerprint density at radius 1 is 1.05 bits per heavy atom. The van der Waals surface area contributed by atoms with Crippen molar-refractivity contribution in [1.29, 1.82) is 0 Å². The van der Waals surface area contributed by atoms with Crippen LogP contribution in [0.1, 0.15) is 52.3 Å². The summed E-state index contributed by atoms with van der Waals surface area (Å²) in [5.74, 6) is -0.337. The fourth-order valence-corrected chi connectivity index (χ4v) is 5.70. The van der Waals surface area contributed by atoms with Crippen LogP contribution in [0, 0.1) is 33.5 Å². The van der Waals surface area contributed by atoms with Crippen molar-refractivity contribution in [3.63, 3.8) is 0 Å². The highest BCUT2D eigenvalue weighted by Gasteiger charge is 2.41. The van der Waals surface area contributed by atoms with E-state index in [0.29, 0.717) is 11.7 Å². The molecule has 1 aliphatic rings. The monoisotopic (exact) mass is 541 g/mol. The van der Waals surface area contributed by atoms with Crippen LogP contribution in [-0.4, -0.2) is 32.0 Å². The highest BCUT2D eigenvalue weighted by molar-refractivity contribution is 7.80. The fourth-order valence-electron chi connectivity index (χ4n) is 5.36. The number of aryl methyl sites for hydroxylation is 3. The minimum atomic E-state index is -0.271. The Labute approximate surface area is 233 Å². The Hall–Kier alpha value is -4.04. The van der Waals surface area contributed by atoms with E-state index in [1.165, 1.54) is 12.1 Å². The van der Waals surface area contributed by atoms with Gasteiger partial charge in [0, 0.05) is 41.9 Å². The first-order chi connectivity index (χ1) is 18.7. The Kier molecular flexibility index (Phi) is 7.48. The van der Waals surface area contributed by atoms with Crippen LogP contribution in [0.4, 0.5) is 10.1 Å². The maximum absolute atomic E-state index is 13.6. The van der Waals surface area contributed by atoms with Gasteiger partial charge in [-0.1, -0.05) is 18.2 Å². The van der Waals surface area contributed by atoms with Gasteiger partial charge in [-0.15, -0.1) is 0 Å². The fraction of sp³-hybridized carbons (Fsp3) is 0.258. The molecule has 4 aromatic rings. The van der Waals surface area contributed by atoms with E-state index in [0.717, 1.165) is 45.1 Å². The molecule has 1 aliphatic heterocycles. The van der Waals surface area contributed by atoms with Gasteiger partial charge in [0.15, 0.2) is 5.11 Å². The number of thiocarbonyl (C=S) groups is 1. The lowest BCUT2D eigenvalue weighted by Crippen LogP contribution is -2.33. The summed E-state index contributed by atoms with van der Waals surface area (Å²) in [5.41, 5.74) is 7.84. The van der Waals surface area contributed by atoms with Crippen LogP contribution in [0.25, 0.3) is 5.69 Å². The Morgan fingerprint density at radius 2 is 1.82 bits per heavy atom. The zero-order chi connectivity index (χ0) is 27.7. The summed E-state index contributed by atoms with van der Waals surface area (Å²) in [6, 6.07) is 20.2. The lowest BCUT2D eigenvalue weighted by molar-refractivity contribution is -0.116. The second kappa shape index (κ2) is 11.0. The third-order valence-electron chi connectivity index (χ3n) is 7.32. The van der Waals surface area contributed by atoms with Crippen molar-refractivity contribution in [2.45, 2.75) is 46.2 Å². The standard InChI is InChI=1S/C31H32FN5OS/c1-19-8-9-20(2)27(17-19)34-28(38)14-16-36-30(29(35-31(36)39)26-7-5-6-15-33-26)25-18-21(3)37(22(25)4)24-12-10-23(32)11-13-24/h5-13,15,17-18,29-30H,14,16H2,1-4H3,(H,34,38)(H,35,39). The van der Waals surface area contributed by atoms with Crippen LogP contribution < -0.4 is 10.6 Å². The van der Waals surface area contributed by atoms with E-state index >= 15 is 0 Å². The molecule has 6 nitrogen and oxygen atoms in total. The predicted molar refractivity (Wildman–Crippen MR) is 157 cm³/mol. The molecule has 2 unspecified atom stereocenters. The van der Waals surface area contributed by atoms with E-state index in [-0.39, 0.29) is 30.2 Å². The normalized spacial score (nSPS) is 16.8. The summed E-state index contributed by atoms with van der Waals surface area (Å²) in [6.45, 7) is 8.54. The number of benzene rings is 2. The average Bonchev–Trinajstić information content (AvgIpc) is 3.40. The van der Waals surface area contributed by atoms with E-state index in [9.17, 15) is 9.18 Å². The molecule has 0 aliphatic carbocycles. The van der Waals surface area contributed by atoms with Crippen molar-refractivity contribution in [2.75, 3.05) is 11.9 Å². The van der Waals surface area contributed by atoms with E-state index in [1.807, 2.05) is 57.2 Å². The van der Waals surface area contributed by atoms with E-state index in [2.05, 4.69) is 38.1 Å². The van der Waals surface area contributed by atoms with Crippen LogP contribution in [0.2, 0.25) is 0 Å². The number of aromatic nitrogens is 2. The minimum Gasteiger partial charge on any atom is -0.352 e. The average molecular weight is 542 g/mol. The van der Waals surface area contributed by atoms with Crippen molar-refractivity contribution >= 4 is 28.9 Å². The second-order valence-corrected chi connectivity index (χ2v) is 10.5. The summed E-state index contributed by atoms with van der Waals surface area (Å²) in [5, 5.41) is 7.11. The first-order valence-electron chi connectivity index (χ1n) is 13.0. The third kappa shape index (κ3) is 5.43. The number of hydrogen-bond acceptors (Lipinski definition) is 3. The van der Waals surface area contributed by atoms with Crippen molar-refractivity contribution in [2.24, 2.45) is 0 Å². The van der Waals surface area contributed by atoms with Gasteiger partial charge in [0.05, 0.1) is 17.8 Å². The number of nitrogens with one attached hydrogen (secondary N) is 2. The van der Waals surface area contributed by atoms with Crippen molar-refractivity contribution < 1.29 is 9.18 Å². The van der Waals surface area contributed by atoms with Crippen molar-refractivity contribution in [3.05, 3.63) is 113 Å². The first-order valence-corrected chi connectivity index (χ1v) is 13.4. The molecule has 1 fully saturated rings. The number of rotatable bonds is 7. The van der Waals surface area contributed by atoms with Gasteiger partial charge >= 0.3 is 0 Å². The van der Waals surface area contributed by atoms with Crippen molar-refractivity contribution in [1.82, 2.24) is 19.8 Å². The molecule has 2 aromatic heterocycles.